The fourth-order valence-corrected chi connectivity index (χ4v) is 7.05. The third kappa shape index (κ3) is 5.18. The van der Waals surface area contributed by atoms with Crippen molar-refractivity contribution in [2.75, 3.05) is 0 Å². The van der Waals surface area contributed by atoms with E-state index in [1.54, 1.807) is 0 Å². The van der Waals surface area contributed by atoms with E-state index in [4.69, 9.17) is 0 Å². The molecule has 2 atom stereocenters. The van der Waals surface area contributed by atoms with Gasteiger partial charge in [-0.25, -0.2) is 8.42 Å². The van der Waals surface area contributed by atoms with Crippen LogP contribution >= 0.6 is 0 Å². The molecule has 0 saturated heterocycles. The lowest BCUT2D eigenvalue weighted by molar-refractivity contribution is -0.382. The van der Waals surface area contributed by atoms with E-state index < -0.39 is 43.9 Å². The van der Waals surface area contributed by atoms with E-state index in [0.717, 1.165) is 5.56 Å². The molecule has 1 heterocycles. The molecule has 0 saturated carbocycles. The SMILES string of the molecule is Cc1ccccc1[SH+]1=C2C=CC=CC2C(=O)c2ccccc21.O=S(=O)([O-])C(F)(F)C(F)(F)C(F)(F)C(F)(F)F. The lowest BCUT2D eigenvalue weighted by Gasteiger charge is -2.34. The lowest BCUT2D eigenvalue weighted by Crippen LogP contribution is -2.63. The topological polar surface area (TPSA) is 74.3 Å². The molecule has 0 radical (unpaired) electrons. The van der Waals surface area contributed by atoms with Gasteiger partial charge in [0.05, 0.1) is 5.56 Å². The van der Waals surface area contributed by atoms with Gasteiger partial charge in [0, 0.05) is 5.56 Å². The molecule has 2 aromatic carbocycles. The number of allylic oxidation sites excluding steroid dienone is 4. The molecular weight excluding hydrogens is 587 g/mol. The molecule has 15 heteroatoms. The minimum atomic E-state index is -7.43. The molecule has 2 aromatic rings. The van der Waals surface area contributed by atoms with Crippen molar-refractivity contribution in [1.82, 2.24) is 0 Å². The summed E-state index contributed by atoms with van der Waals surface area (Å²) in [5.74, 6) is -14.7. The maximum Gasteiger partial charge on any atom is 0.460 e. The van der Waals surface area contributed by atoms with Gasteiger partial charge in [-0.3, -0.25) is 4.79 Å². The highest BCUT2D eigenvalue weighted by atomic mass is 32.2. The van der Waals surface area contributed by atoms with Crippen LogP contribution in [-0.2, 0) is 20.6 Å². The molecule has 1 aliphatic carbocycles. The first-order chi connectivity index (χ1) is 17.8. The fraction of sp³-hybridized carbons (Fsp3) is 0.250. The van der Waals surface area contributed by atoms with Gasteiger partial charge in [-0.2, -0.15) is 39.5 Å². The number of carbonyl (C=O) groups is 1. The van der Waals surface area contributed by atoms with Crippen LogP contribution in [0.15, 0.2) is 82.6 Å². The first-order valence-electron chi connectivity index (χ1n) is 10.6. The van der Waals surface area contributed by atoms with E-state index in [1.165, 1.54) is 20.2 Å². The van der Waals surface area contributed by atoms with Crippen LogP contribution in [0.3, 0.4) is 0 Å². The standard InChI is InChI=1S/C20H16OS.C4HF9O3S/c1-14-8-2-5-11-17(14)22-18-12-6-3-9-15(18)20(21)16-10-4-7-13-19(16)22;5-1(6,3(9,10)11)2(7,8)4(12,13)17(14,15)16/h2-13,15H,1H3;(H,14,15,16). The van der Waals surface area contributed by atoms with Gasteiger partial charge in [0.1, 0.15) is 20.6 Å². The smallest absolute Gasteiger partial charge is 0.460 e. The van der Waals surface area contributed by atoms with Crippen LogP contribution in [0, 0.1) is 12.8 Å². The Bertz CT molecular complexity index is 1490. The molecule has 0 spiro atoms. The van der Waals surface area contributed by atoms with Crippen LogP contribution < -0.4 is 0 Å². The monoisotopic (exact) mass is 604 g/mol. The van der Waals surface area contributed by atoms with Crippen molar-refractivity contribution in [3.8, 4) is 0 Å². The largest absolute Gasteiger partial charge is 0.743 e. The van der Waals surface area contributed by atoms with E-state index in [1.807, 2.05) is 30.4 Å². The summed E-state index contributed by atoms with van der Waals surface area (Å²) < 4.78 is 135. The van der Waals surface area contributed by atoms with Gasteiger partial charge in [-0.15, -0.1) is 0 Å². The van der Waals surface area contributed by atoms with Crippen LogP contribution in [0.2, 0.25) is 0 Å². The number of benzene rings is 2. The maximum absolute atomic E-state index is 12.8. The number of hydrogen-bond donors (Lipinski definition) is 0. The molecule has 2 aliphatic rings. The quantitative estimate of drug-likeness (QED) is 0.145. The molecular formula is C24H17F9O4S2. The molecule has 0 fully saturated rings. The predicted octanol–water partition coefficient (Wildman–Crippen LogP) is 5.83. The highest BCUT2D eigenvalue weighted by Crippen LogP contribution is 2.54. The molecule has 4 nitrogen and oxygen atoms in total. The number of fused-ring (bicyclic) bond motifs is 2. The van der Waals surface area contributed by atoms with Crippen molar-refractivity contribution in [3.05, 3.63) is 84.0 Å². The summed E-state index contributed by atoms with van der Waals surface area (Å²) in [6.07, 6.45) is 1.08. The van der Waals surface area contributed by atoms with E-state index in [0.29, 0.717) is 0 Å². The zero-order valence-corrected chi connectivity index (χ0v) is 21.1. The van der Waals surface area contributed by atoms with Gasteiger partial charge in [-0.05, 0) is 31.2 Å². The van der Waals surface area contributed by atoms with Gasteiger partial charge < -0.3 is 4.55 Å². The van der Waals surface area contributed by atoms with Gasteiger partial charge in [0.2, 0.25) is 0 Å². The molecule has 2 unspecified atom stereocenters. The van der Waals surface area contributed by atoms with Crippen molar-refractivity contribution in [2.45, 2.75) is 40.0 Å². The number of thiol groups is 1. The molecule has 1 aliphatic heterocycles. The van der Waals surface area contributed by atoms with Crippen LogP contribution in [0.5, 0.6) is 0 Å². The fourth-order valence-electron chi connectivity index (χ4n) is 3.75. The summed E-state index contributed by atoms with van der Waals surface area (Å²) in [4.78, 5) is 16.6. The van der Waals surface area contributed by atoms with Gasteiger partial charge in [-0.1, -0.05) is 59.0 Å². The molecule has 39 heavy (non-hydrogen) atoms. The number of Topliss-reactive ketones (excluding diaryl/α,β-unsaturated/α-hetero) is 1. The van der Waals surface area contributed by atoms with Crippen molar-refractivity contribution in [3.63, 3.8) is 0 Å². The number of alkyl halides is 9. The van der Waals surface area contributed by atoms with Crippen molar-refractivity contribution < 1.29 is 57.3 Å². The Kier molecular flexibility index (Phi) is 8.05. The zero-order valence-electron chi connectivity index (χ0n) is 19.4. The number of halogens is 9. The Morgan fingerprint density at radius 2 is 1.33 bits per heavy atom. The number of hydrogen-bond acceptors (Lipinski definition) is 4. The van der Waals surface area contributed by atoms with Crippen molar-refractivity contribution in [1.29, 1.82) is 0 Å². The van der Waals surface area contributed by atoms with Gasteiger partial charge in [0.25, 0.3) is 0 Å². The van der Waals surface area contributed by atoms with E-state index >= 15 is 0 Å². The van der Waals surface area contributed by atoms with E-state index in [9.17, 15) is 57.3 Å². The summed E-state index contributed by atoms with van der Waals surface area (Å²) in [6, 6.07) is 16.7. The van der Waals surface area contributed by atoms with Gasteiger partial charge >= 0.3 is 23.3 Å². The Labute approximate surface area is 218 Å². The van der Waals surface area contributed by atoms with Crippen LogP contribution in [-0.4, -0.2) is 46.9 Å². The lowest BCUT2D eigenvalue weighted by atomic mass is 9.91. The molecule has 212 valence electrons. The summed E-state index contributed by atoms with van der Waals surface area (Å²) in [7, 11) is -8.05. The average molecular weight is 605 g/mol. The Morgan fingerprint density at radius 1 is 0.795 bits per heavy atom. The summed E-state index contributed by atoms with van der Waals surface area (Å²) >= 11 is 0. The van der Waals surface area contributed by atoms with Crippen LogP contribution in [0.1, 0.15) is 15.9 Å². The summed E-state index contributed by atoms with van der Waals surface area (Å²) in [5.41, 5.74) is 2.19. The minimum absolute atomic E-state index is 0.0920. The zero-order chi connectivity index (χ0) is 29.6. The number of aryl methyl sites for hydroxylation is 1. The minimum Gasteiger partial charge on any atom is -0.743 e. The van der Waals surface area contributed by atoms with Crippen LogP contribution in [0.4, 0.5) is 39.5 Å². The third-order valence-corrected chi connectivity index (χ3v) is 9.42. The molecule has 4 rings (SSSR count). The summed E-state index contributed by atoms with van der Waals surface area (Å²) in [5, 5.41) is -7.11. The number of carbonyl (C=O) groups excluding carboxylic acids is 1. The predicted molar refractivity (Wildman–Crippen MR) is 125 cm³/mol. The Hall–Kier alpha value is -2.91. The van der Waals surface area contributed by atoms with E-state index in [2.05, 4.69) is 49.4 Å². The molecule has 0 aromatic heterocycles. The summed E-state index contributed by atoms with van der Waals surface area (Å²) in [6.45, 7) is 2.16. The second kappa shape index (κ2) is 10.2. The normalized spacial score (nSPS) is 19.7. The molecule has 0 N–H and O–H groups in total. The molecule has 0 bridgehead atoms. The second-order valence-corrected chi connectivity index (χ2v) is 11.8. The molecule has 0 amide bonds. The first kappa shape index (κ1) is 30.6. The Balaban J connectivity index is 0.000000225. The van der Waals surface area contributed by atoms with Crippen molar-refractivity contribution in [2.24, 2.45) is 5.92 Å². The average Bonchev–Trinajstić information content (AvgIpc) is 2.84. The third-order valence-electron chi connectivity index (χ3n) is 5.74. The second-order valence-electron chi connectivity index (χ2n) is 8.27. The number of ketones is 1. The van der Waals surface area contributed by atoms with Gasteiger partial charge in [0.15, 0.2) is 15.9 Å². The maximum atomic E-state index is 12.8. The van der Waals surface area contributed by atoms with Crippen molar-refractivity contribution >= 4 is 31.3 Å². The van der Waals surface area contributed by atoms with Crippen LogP contribution in [0.25, 0.3) is 0 Å². The Morgan fingerprint density at radius 3 is 1.87 bits per heavy atom. The highest BCUT2D eigenvalue weighted by molar-refractivity contribution is 7.97. The van der Waals surface area contributed by atoms with E-state index in [-0.39, 0.29) is 11.7 Å². The highest BCUT2D eigenvalue weighted by Gasteiger charge is 2.83. The first-order valence-corrected chi connectivity index (χ1v) is 13.4. The number of rotatable bonds is 4.